The van der Waals surface area contributed by atoms with Crippen LogP contribution in [0, 0.1) is 0 Å². The van der Waals surface area contributed by atoms with Crippen molar-refractivity contribution < 1.29 is 4.74 Å². The van der Waals surface area contributed by atoms with Crippen molar-refractivity contribution in [3.8, 4) is 11.5 Å². The van der Waals surface area contributed by atoms with E-state index in [1.54, 1.807) is 18.2 Å². The van der Waals surface area contributed by atoms with Gasteiger partial charge in [0.2, 0.25) is 0 Å². The molecule has 108 valence electrons. The summed E-state index contributed by atoms with van der Waals surface area (Å²) in [5, 5.41) is 4.30. The van der Waals surface area contributed by atoms with Gasteiger partial charge in [-0.1, -0.05) is 48.3 Å². The molecule has 0 atom stereocenters. The van der Waals surface area contributed by atoms with Crippen LogP contribution >= 0.6 is 35.6 Å². The van der Waals surface area contributed by atoms with Gasteiger partial charge in [0, 0.05) is 18.2 Å². The molecule has 2 aromatic carbocycles. The number of hydrogen-bond donors (Lipinski definition) is 1. The van der Waals surface area contributed by atoms with E-state index < -0.39 is 0 Å². The fourth-order valence-electron chi connectivity index (χ4n) is 1.68. The van der Waals surface area contributed by atoms with E-state index in [4.69, 9.17) is 27.9 Å². The van der Waals surface area contributed by atoms with E-state index in [0.717, 1.165) is 24.4 Å². The third kappa shape index (κ3) is 4.57. The molecule has 20 heavy (non-hydrogen) atoms. The summed E-state index contributed by atoms with van der Waals surface area (Å²) in [5.41, 5.74) is 1.11. The highest BCUT2D eigenvalue weighted by atomic mass is 35.5. The molecule has 0 amide bonds. The number of halogens is 3. The molecular formula is C15H16Cl3NO. The Kier molecular flexibility index (Phi) is 7.17. The number of rotatable bonds is 5. The molecule has 0 bridgehead atoms. The Hall–Kier alpha value is -0.930. The van der Waals surface area contributed by atoms with Crippen molar-refractivity contribution in [2.24, 2.45) is 0 Å². The number of nitrogens with one attached hydrogen (secondary N) is 1. The molecule has 2 nitrogen and oxygen atoms in total. The first-order valence-corrected chi connectivity index (χ1v) is 6.88. The van der Waals surface area contributed by atoms with Crippen molar-refractivity contribution in [2.45, 2.75) is 13.5 Å². The van der Waals surface area contributed by atoms with Gasteiger partial charge in [0.15, 0.2) is 0 Å². The van der Waals surface area contributed by atoms with Gasteiger partial charge < -0.3 is 10.1 Å². The van der Waals surface area contributed by atoms with Crippen LogP contribution in [0.3, 0.4) is 0 Å². The molecule has 0 saturated carbocycles. The standard InChI is InChI=1S/C15H15Cl2NO.ClH/c1-2-18-10-11-5-3-4-6-15(11)19-12-7-8-13(16)14(17)9-12;/h3-9,18H,2,10H2,1H3;1H. The maximum atomic E-state index is 5.98. The van der Waals surface area contributed by atoms with Crippen LogP contribution in [0.4, 0.5) is 0 Å². The average Bonchev–Trinajstić information content (AvgIpc) is 2.42. The zero-order chi connectivity index (χ0) is 13.7. The highest BCUT2D eigenvalue weighted by molar-refractivity contribution is 6.42. The number of ether oxygens (including phenoxy) is 1. The zero-order valence-electron chi connectivity index (χ0n) is 11.0. The Labute approximate surface area is 135 Å². The smallest absolute Gasteiger partial charge is 0.131 e. The van der Waals surface area contributed by atoms with E-state index >= 15 is 0 Å². The van der Waals surface area contributed by atoms with E-state index in [1.807, 2.05) is 24.3 Å². The molecular weight excluding hydrogens is 317 g/mol. The Morgan fingerprint density at radius 1 is 1.05 bits per heavy atom. The lowest BCUT2D eigenvalue weighted by molar-refractivity contribution is 0.473. The molecule has 0 spiro atoms. The highest BCUT2D eigenvalue weighted by Crippen LogP contribution is 2.30. The quantitative estimate of drug-likeness (QED) is 0.800. The van der Waals surface area contributed by atoms with Gasteiger partial charge in [0.25, 0.3) is 0 Å². The first-order chi connectivity index (χ1) is 9.20. The first-order valence-electron chi connectivity index (χ1n) is 6.12. The third-order valence-corrected chi connectivity index (χ3v) is 3.40. The van der Waals surface area contributed by atoms with E-state index in [0.29, 0.717) is 15.8 Å². The van der Waals surface area contributed by atoms with Gasteiger partial charge in [-0.2, -0.15) is 0 Å². The Bertz CT molecular complexity index is 561. The van der Waals surface area contributed by atoms with E-state index in [2.05, 4.69) is 12.2 Å². The minimum absolute atomic E-state index is 0. The van der Waals surface area contributed by atoms with Gasteiger partial charge in [-0.05, 0) is 24.7 Å². The summed E-state index contributed by atoms with van der Waals surface area (Å²) < 4.78 is 5.86. The minimum Gasteiger partial charge on any atom is -0.457 e. The van der Waals surface area contributed by atoms with E-state index in [-0.39, 0.29) is 12.4 Å². The van der Waals surface area contributed by atoms with Gasteiger partial charge in [0.1, 0.15) is 11.5 Å². The largest absolute Gasteiger partial charge is 0.457 e. The number of para-hydroxylation sites is 1. The Morgan fingerprint density at radius 3 is 2.50 bits per heavy atom. The number of benzene rings is 2. The molecule has 0 aliphatic rings. The molecule has 0 aliphatic carbocycles. The van der Waals surface area contributed by atoms with Crippen molar-refractivity contribution >= 4 is 35.6 Å². The maximum Gasteiger partial charge on any atom is 0.131 e. The van der Waals surface area contributed by atoms with Crippen molar-refractivity contribution in [3.63, 3.8) is 0 Å². The van der Waals surface area contributed by atoms with Crippen LogP contribution in [0.2, 0.25) is 10.0 Å². The maximum absolute atomic E-state index is 5.98. The summed E-state index contributed by atoms with van der Waals surface area (Å²) in [5.74, 6) is 1.50. The normalized spacial score (nSPS) is 9.95. The molecule has 0 radical (unpaired) electrons. The van der Waals surface area contributed by atoms with Gasteiger partial charge >= 0.3 is 0 Å². The highest BCUT2D eigenvalue weighted by Gasteiger charge is 2.05. The predicted octanol–water partition coefficient (Wildman–Crippen LogP) is 5.32. The molecule has 0 heterocycles. The van der Waals surface area contributed by atoms with Crippen molar-refractivity contribution in [3.05, 3.63) is 58.1 Å². The molecule has 0 aliphatic heterocycles. The second-order valence-corrected chi connectivity index (χ2v) is 4.88. The lowest BCUT2D eigenvalue weighted by Gasteiger charge is -2.11. The van der Waals surface area contributed by atoms with Gasteiger partial charge in [-0.25, -0.2) is 0 Å². The summed E-state index contributed by atoms with van der Waals surface area (Å²) in [6, 6.07) is 13.2. The average molecular weight is 333 g/mol. The summed E-state index contributed by atoms with van der Waals surface area (Å²) in [4.78, 5) is 0. The lowest BCUT2D eigenvalue weighted by Crippen LogP contribution is -2.12. The van der Waals surface area contributed by atoms with Crippen LogP contribution in [-0.4, -0.2) is 6.54 Å². The van der Waals surface area contributed by atoms with E-state index in [9.17, 15) is 0 Å². The van der Waals surface area contributed by atoms with Gasteiger partial charge in [-0.15, -0.1) is 12.4 Å². The van der Waals surface area contributed by atoms with Crippen LogP contribution in [0.1, 0.15) is 12.5 Å². The van der Waals surface area contributed by atoms with Crippen molar-refractivity contribution in [1.29, 1.82) is 0 Å². The molecule has 0 fully saturated rings. The second-order valence-electron chi connectivity index (χ2n) is 4.07. The van der Waals surface area contributed by atoms with Crippen LogP contribution in [-0.2, 0) is 6.54 Å². The van der Waals surface area contributed by atoms with Crippen LogP contribution < -0.4 is 10.1 Å². The molecule has 0 aromatic heterocycles. The SMILES string of the molecule is CCNCc1ccccc1Oc1ccc(Cl)c(Cl)c1.Cl. The van der Waals surface area contributed by atoms with Gasteiger partial charge in [-0.3, -0.25) is 0 Å². The topological polar surface area (TPSA) is 21.3 Å². The molecule has 0 unspecified atom stereocenters. The fraction of sp³-hybridized carbons (Fsp3) is 0.200. The minimum atomic E-state index is 0. The van der Waals surface area contributed by atoms with Crippen LogP contribution in [0.5, 0.6) is 11.5 Å². The predicted molar refractivity (Wildman–Crippen MR) is 87.6 cm³/mol. The lowest BCUT2D eigenvalue weighted by atomic mass is 10.2. The molecule has 2 aromatic rings. The van der Waals surface area contributed by atoms with Crippen LogP contribution in [0.25, 0.3) is 0 Å². The van der Waals surface area contributed by atoms with Crippen LogP contribution in [0.15, 0.2) is 42.5 Å². The van der Waals surface area contributed by atoms with Crippen molar-refractivity contribution in [2.75, 3.05) is 6.54 Å². The van der Waals surface area contributed by atoms with Crippen molar-refractivity contribution in [1.82, 2.24) is 5.32 Å². The Balaban J connectivity index is 0.00000200. The summed E-state index contributed by atoms with van der Waals surface area (Å²) in [7, 11) is 0. The second kappa shape index (κ2) is 8.38. The number of hydrogen-bond acceptors (Lipinski definition) is 2. The monoisotopic (exact) mass is 331 g/mol. The molecule has 5 heteroatoms. The first kappa shape index (κ1) is 17.1. The van der Waals surface area contributed by atoms with Gasteiger partial charge in [0.05, 0.1) is 10.0 Å². The molecule has 1 N–H and O–H groups in total. The zero-order valence-corrected chi connectivity index (χ0v) is 13.4. The molecule has 2 rings (SSSR count). The summed E-state index contributed by atoms with van der Waals surface area (Å²) >= 11 is 11.9. The fourth-order valence-corrected chi connectivity index (χ4v) is 1.96. The van der Waals surface area contributed by atoms with E-state index in [1.165, 1.54) is 0 Å². The summed E-state index contributed by atoms with van der Waals surface area (Å²) in [6.45, 7) is 3.76. The Morgan fingerprint density at radius 2 is 1.80 bits per heavy atom. The molecule has 0 saturated heterocycles. The summed E-state index contributed by atoms with van der Waals surface area (Å²) in [6.07, 6.45) is 0. The third-order valence-electron chi connectivity index (χ3n) is 2.66.